The van der Waals surface area contributed by atoms with Gasteiger partial charge in [0.1, 0.15) is 22.5 Å². The van der Waals surface area contributed by atoms with Crippen molar-refractivity contribution >= 4 is 34.1 Å². The highest BCUT2D eigenvalue weighted by Crippen LogP contribution is 2.37. The van der Waals surface area contributed by atoms with Gasteiger partial charge >= 0.3 is 12.1 Å². The molecule has 0 bridgehead atoms. The Morgan fingerprint density at radius 2 is 1.90 bits per heavy atom. The molecule has 0 radical (unpaired) electrons. The second kappa shape index (κ2) is 11.5. The van der Waals surface area contributed by atoms with Crippen LogP contribution in [0.25, 0.3) is 33.6 Å². The molecule has 0 saturated carbocycles. The first-order valence-corrected chi connectivity index (χ1v) is 14.3. The number of likely N-dealkylation sites (tertiary alicyclic amines) is 1. The Morgan fingerprint density at radius 1 is 1.12 bits per heavy atom. The van der Waals surface area contributed by atoms with Crippen LogP contribution in [0.4, 0.5) is 4.79 Å². The number of nitrogens with zero attached hydrogens (tertiary/aromatic N) is 5. The molecule has 4 heterocycles. The minimum Gasteiger partial charge on any atom is -0.494 e. The SMILES string of the molecule is C/C=C\CCn1c(-c2nc3cc(C(=O)OC)cc(OC)c3n2C)cc2ccc([C@H]3CCCN3C(=O)OC(C)(C)C)nc21. The van der Waals surface area contributed by atoms with Crippen molar-refractivity contribution in [2.24, 2.45) is 7.05 Å². The largest absolute Gasteiger partial charge is 0.494 e. The van der Waals surface area contributed by atoms with Crippen LogP contribution in [-0.2, 0) is 23.1 Å². The number of ether oxygens (including phenoxy) is 3. The maximum Gasteiger partial charge on any atom is 0.410 e. The van der Waals surface area contributed by atoms with Gasteiger partial charge in [0.15, 0.2) is 5.82 Å². The summed E-state index contributed by atoms with van der Waals surface area (Å²) in [6.45, 7) is 8.98. The van der Waals surface area contributed by atoms with Gasteiger partial charge in [-0.05, 0) is 77.3 Å². The Bertz CT molecular complexity index is 1680. The van der Waals surface area contributed by atoms with Crippen molar-refractivity contribution in [3.8, 4) is 17.3 Å². The molecule has 4 aromatic rings. The number of carbonyl (C=O) groups excluding carboxylic acids is 2. The summed E-state index contributed by atoms with van der Waals surface area (Å²) in [5.74, 6) is 0.808. The molecule has 1 saturated heterocycles. The van der Waals surface area contributed by atoms with Crippen LogP contribution in [0.1, 0.15) is 69.1 Å². The molecule has 5 rings (SSSR count). The van der Waals surface area contributed by atoms with Crippen molar-refractivity contribution in [3.63, 3.8) is 0 Å². The zero-order valence-electron chi connectivity index (χ0n) is 25.4. The molecule has 0 unspecified atom stereocenters. The maximum absolute atomic E-state index is 13.0. The Kier molecular flexibility index (Phi) is 7.99. The number of aryl methyl sites for hydroxylation is 2. The number of hydrogen-bond donors (Lipinski definition) is 0. The molecule has 0 aliphatic carbocycles. The summed E-state index contributed by atoms with van der Waals surface area (Å²) in [6, 6.07) is 9.42. The van der Waals surface area contributed by atoms with Crippen LogP contribution in [0.2, 0.25) is 0 Å². The zero-order valence-corrected chi connectivity index (χ0v) is 25.4. The number of methoxy groups -OCH3 is 2. The second-order valence-electron chi connectivity index (χ2n) is 11.6. The summed E-state index contributed by atoms with van der Waals surface area (Å²) in [5.41, 5.74) is 3.79. The molecule has 222 valence electrons. The van der Waals surface area contributed by atoms with Crippen LogP contribution in [0.3, 0.4) is 0 Å². The van der Waals surface area contributed by atoms with Crippen LogP contribution < -0.4 is 4.74 Å². The Labute approximate surface area is 245 Å². The first-order chi connectivity index (χ1) is 20.1. The number of imidazole rings is 1. The average molecular weight is 574 g/mol. The lowest BCUT2D eigenvalue weighted by Crippen LogP contribution is -2.36. The number of esters is 1. The topological polar surface area (TPSA) is 101 Å². The van der Waals surface area contributed by atoms with Crippen molar-refractivity contribution in [2.75, 3.05) is 20.8 Å². The highest BCUT2D eigenvalue weighted by atomic mass is 16.6. The summed E-state index contributed by atoms with van der Waals surface area (Å²) >= 11 is 0. The van der Waals surface area contributed by atoms with Gasteiger partial charge in [-0.3, -0.25) is 4.90 Å². The molecule has 10 nitrogen and oxygen atoms in total. The fraction of sp³-hybridized carbons (Fsp3) is 0.438. The first kappa shape index (κ1) is 29.2. The fourth-order valence-corrected chi connectivity index (χ4v) is 5.65. The van der Waals surface area contributed by atoms with E-state index in [9.17, 15) is 9.59 Å². The van der Waals surface area contributed by atoms with E-state index in [4.69, 9.17) is 24.2 Å². The van der Waals surface area contributed by atoms with Gasteiger partial charge in [-0.2, -0.15) is 0 Å². The van der Waals surface area contributed by atoms with Crippen molar-refractivity contribution in [1.29, 1.82) is 0 Å². The lowest BCUT2D eigenvalue weighted by Gasteiger charge is -2.28. The van der Waals surface area contributed by atoms with E-state index in [2.05, 4.69) is 22.8 Å². The average Bonchev–Trinajstić information content (AvgIpc) is 3.67. The van der Waals surface area contributed by atoms with Gasteiger partial charge in [0.05, 0.1) is 42.7 Å². The molecule has 1 fully saturated rings. The molecule has 42 heavy (non-hydrogen) atoms. The summed E-state index contributed by atoms with van der Waals surface area (Å²) in [6.07, 6.45) is 6.39. The number of benzene rings is 1. The Morgan fingerprint density at radius 3 is 2.60 bits per heavy atom. The summed E-state index contributed by atoms with van der Waals surface area (Å²) in [5, 5.41) is 0.977. The summed E-state index contributed by atoms with van der Waals surface area (Å²) in [7, 11) is 4.87. The highest BCUT2D eigenvalue weighted by molar-refractivity contribution is 5.97. The van der Waals surface area contributed by atoms with Crippen LogP contribution in [0, 0.1) is 0 Å². The normalized spacial score (nSPS) is 15.7. The van der Waals surface area contributed by atoms with Crippen molar-refractivity contribution in [3.05, 3.63) is 53.7 Å². The van der Waals surface area contributed by atoms with Crippen LogP contribution in [0.15, 0.2) is 42.5 Å². The lowest BCUT2D eigenvalue weighted by molar-refractivity contribution is 0.0221. The standard InChI is InChI=1S/C32H39N5O5/c1-8-9-10-15-36-25(29-34-23-17-21(30(38)41-7)19-26(40-6)27(23)35(29)5)18-20-13-14-22(33-28(20)36)24-12-11-16-37(24)31(39)42-32(2,3)4/h8-9,13-14,17-19,24H,10-12,15-16H2,1-7H3/b9-8-/t24-/m1/s1. The molecular weight excluding hydrogens is 534 g/mol. The highest BCUT2D eigenvalue weighted by Gasteiger charge is 2.34. The van der Waals surface area contributed by atoms with E-state index in [1.807, 2.05) is 51.5 Å². The Balaban J connectivity index is 1.63. The number of aromatic nitrogens is 4. The number of allylic oxidation sites excluding steroid dienone is 2. The van der Waals surface area contributed by atoms with Crippen LogP contribution in [0.5, 0.6) is 5.75 Å². The van der Waals surface area contributed by atoms with E-state index in [1.54, 1.807) is 24.1 Å². The van der Waals surface area contributed by atoms with Crippen molar-refractivity contribution in [1.82, 2.24) is 24.0 Å². The van der Waals surface area contributed by atoms with Crippen molar-refractivity contribution in [2.45, 2.75) is 65.1 Å². The third-order valence-electron chi connectivity index (χ3n) is 7.55. The van der Waals surface area contributed by atoms with E-state index in [0.29, 0.717) is 29.9 Å². The van der Waals surface area contributed by atoms with E-state index in [1.165, 1.54) is 7.11 Å². The van der Waals surface area contributed by atoms with Crippen LogP contribution in [-0.4, -0.2) is 62.4 Å². The van der Waals surface area contributed by atoms with Gasteiger partial charge in [0, 0.05) is 25.5 Å². The quantitative estimate of drug-likeness (QED) is 0.186. The zero-order chi connectivity index (χ0) is 30.2. The smallest absolute Gasteiger partial charge is 0.410 e. The number of hydrogen-bond acceptors (Lipinski definition) is 7. The number of carbonyl (C=O) groups is 2. The molecule has 1 aliphatic rings. The van der Waals surface area contributed by atoms with Gasteiger partial charge in [0.25, 0.3) is 0 Å². The molecular formula is C32H39N5O5. The Hall–Kier alpha value is -4.34. The van der Waals surface area contributed by atoms with E-state index < -0.39 is 11.6 Å². The molecule has 1 aliphatic heterocycles. The number of pyridine rings is 1. The maximum atomic E-state index is 13.0. The fourth-order valence-electron chi connectivity index (χ4n) is 5.65. The van der Waals surface area contributed by atoms with Gasteiger partial charge in [0.2, 0.25) is 0 Å². The molecule has 1 aromatic carbocycles. The minimum absolute atomic E-state index is 0.150. The third-order valence-corrected chi connectivity index (χ3v) is 7.55. The van der Waals surface area contributed by atoms with Crippen LogP contribution >= 0.6 is 0 Å². The molecule has 0 spiro atoms. The third kappa shape index (κ3) is 5.45. The molecule has 1 atom stereocenters. The predicted octanol–water partition coefficient (Wildman–Crippen LogP) is 6.42. The monoisotopic (exact) mass is 573 g/mol. The van der Waals surface area contributed by atoms with Gasteiger partial charge < -0.3 is 23.3 Å². The first-order valence-electron chi connectivity index (χ1n) is 14.3. The second-order valence-corrected chi connectivity index (χ2v) is 11.6. The molecule has 0 N–H and O–H groups in total. The molecule has 1 amide bonds. The van der Waals surface area contributed by atoms with Gasteiger partial charge in [-0.25, -0.2) is 19.6 Å². The van der Waals surface area contributed by atoms with E-state index in [0.717, 1.165) is 53.0 Å². The van der Waals surface area contributed by atoms with Gasteiger partial charge in [-0.1, -0.05) is 12.2 Å². The van der Waals surface area contributed by atoms with Crippen molar-refractivity contribution < 1.29 is 23.8 Å². The lowest BCUT2D eigenvalue weighted by atomic mass is 10.1. The number of rotatable bonds is 7. The summed E-state index contributed by atoms with van der Waals surface area (Å²) < 4.78 is 20.5. The van der Waals surface area contributed by atoms with E-state index >= 15 is 0 Å². The minimum atomic E-state index is -0.566. The molecule has 3 aromatic heterocycles. The van der Waals surface area contributed by atoms with E-state index in [-0.39, 0.29) is 12.1 Å². The predicted molar refractivity (Wildman–Crippen MR) is 162 cm³/mol. The summed E-state index contributed by atoms with van der Waals surface area (Å²) in [4.78, 5) is 37.2. The number of amides is 1. The van der Waals surface area contributed by atoms with Gasteiger partial charge in [-0.15, -0.1) is 0 Å². The molecule has 10 heteroatoms. The number of fused-ring (bicyclic) bond motifs is 2.